The number of hydrogen-bond acceptors (Lipinski definition) is 2. The van der Waals surface area contributed by atoms with Crippen molar-refractivity contribution in [1.29, 1.82) is 0 Å². The summed E-state index contributed by atoms with van der Waals surface area (Å²) in [6, 6.07) is 11.9. The summed E-state index contributed by atoms with van der Waals surface area (Å²) in [7, 11) is 0. The lowest BCUT2D eigenvalue weighted by molar-refractivity contribution is 0.302. The molecular weight excluding hydrogens is 200 g/mol. The van der Waals surface area contributed by atoms with Crippen LogP contribution in [0, 0.1) is 0 Å². The van der Waals surface area contributed by atoms with Crippen molar-refractivity contribution in [3.63, 3.8) is 0 Å². The van der Waals surface area contributed by atoms with Gasteiger partial charge in [0.15, 0.2) is 0 Å². The van der Waals surface area contributed by atoms with Gasteiger partial charge in [0.1, 0.15) is 12.4 Å². The number of nitrogens with two attached hydrogens (primary N) is 1. The van der Waals surface area contributed by atoms with E-state index in [9.17, 15) is 0 Å². The van der Waals surface area contributed by atoms with Crippen LogP contribution < -0.4 is 10.5 Å². The molecule has 0 aliphatic heterocycles. The van der Waals surface area contributed by atoms with E-state index in [0.717, 1.165) is 17.0 Å². The second-order valence-corrected chi connectivity index (χ2v) is 3.84. The first-order valence-corrected chi connectivity index (χ1v) is 5.36. The van der Waals surface area contributed by atoms with Crippen LogP contribution in [-0.4, -0.2) is 4.98 Å². The second kappa shape index (κ2) is 4.86. The minimum atomic E-state index is 0.0671. The van der Waals surface area contributed by atoms with Crippen LogP contribution in [0.15, 0.2) is 42.6 Å². The van der Waals surface area contributed by atoms with Gasteiger partial charge >= 0.3 is 0 Å². The Kier molecular flexibility index (Phi) is 3.27. The van der Waals surface area contributed by atoms with Crippen LogP contribution in [0.25, 0.3) is 0 Å². The Morgan fingerprint density at radius 2 is 2.00 bits per heavy atom. The number of hydrogen-bond donors (Lipinski definition) is 2. The molecule has 1 unspecified atom stereocenters. The lowest BCUT2D eigenvalue weighted by Crippen LogP contribution is -2.04. The molecule has 0 spiro atoms. The van der Waals surface area contributed by atoms with Gasteiger partial charge in [0.25, 0.3) is 0 Å². The van der Waals surface area contributed by atoms with E-state index in [1.165, 1.54) is 0 Å². The second-order valence-electron chi connectivity index (χ2n) is 3.84. The van der Waals surface area contributed by atoms with Crippen molar-refractivity contribution in [3.8, 4) is 5.75 Å². The molecule has 84 valence electrons. The van der Waals surface area contributed by atoms with Gasteiger partial charge < -0.3 is 15.5 Å². The molecule has 1 aromatic heterocycles. The Morgan fingerprint density at radius 3 is 2.56 bits per heavy atom. The average Bonchev–Trinajstić information content (AvgIpc) is 2.80. The summed E-state index contributed by atoms with van der Waals surface area (Å²) in [6.07, 6.45) is 1.89. The fourth-order valence-corrected chi connectivity index (χ4v) is 1.49. The van der Waals surface area contributed by atoms with Gasteiger partial charge in [0.2, 0.25) is 0 Å². The number of nitrogens with one attached hydrogen (secondary N) is 1. The predicted octanol–water partition coefficient (Wildman–Crippen LogP) is 2.61. The van der Waals surface area contributed by atoms with Crippen LogP contribution in [0.5, 0.6) is 5.75 Å². The Morgan fingerprint density at radius 1 is 1.25 bits per heavy atom. The van der Waals surface area contributed by atoms with E-state index < -0.39 is 0 Å². The van der Waals surface area contributed by atoms with E-state index >= 15 is 0 Å². The molecule has 3 heteroatoms. The maximum Gasteiger partial charge on any atom is 0.128 e. The summed E-state index contributed by atoms with van der Waals surface area (Å²) < 4.78 is 5.61. The number of H-pyrrole nitrogens is 1. The summed E-state index contributed by atoms with van der Waals surface area (Å²) in [5, 5.41) is 0. The number of benzene rings is 1. The minimum Gasteiger partial charge on any atom is -0.487 e. The van der Waals surface area contributed by atoms with Crippen LogP contribution in [0.1, 0.15) is 24.2 Å². The highest BCUT2D eigenvalue weighted by atomic mass is 16.5. The summed E-state index contributed by atoms with van der Waals surface area (Å²) in [5.74, 6) is 0.860. The van der Waals surface area contributed by atoms with Crippen LogP contribution in [0.4, 0.5) is 0 Å². The highest BCUT2D eigenvalue weighted by molar-refractivity contribution is 5.28. The molecule has 16 heavy (non-hydrogen) atoms. The van der Waals surface area contributed by atoms with Crippen LogP contribution in [0.2, 0.25) is 0 Å². The molecule has 0 amide bonds. The highest BCUT2D eigenvalue weighted by Gasteiger charge is 2.00. The van der Waals surface area contributed by atoms with Gasteiger partial charge in [-0.2, -0.15) is 0 Å². The molecular formula is C13H16N2O. The van der Waals surface area contributed by atoms with E-state index in [1.807, 2.05) is 49.5 Å². The maximum atomic E-state index is 5.77. The quantitative estimate of drug-likeness (QED) is 0.825. The van der Waals surface area contributed by atoms with Crippen molar-refractivity contribution < 1.29 is 4.74 Å². The number of ether oxygens (including phenoxy) is 1. The van der Waals surface area contributed by atoms with Crippen LogP contribution in [-0.2, 0) is 6.61 Å². The van der Waals surface area contributed by atoms with Crippen molar-refractivity contribution in [2.24, 2.45) is 5.73 Å². The molecule has 2 aromatic rings. The molecule has 0 radical (unpaired) electrons. The van der Waals surface area contributed by atoms with Gasteiger partial charge in [-0.1, -0.05) is 12.1 Å². The van der Waals surface area contributed by atoms with Gasteiger partial charge in [-0.3, -0.25) is 0 Å². The zero-order valence-corrected chi connectivity index (χ0v) is 9.31. The Bertz CT molecular complexity index is 418. The van der Waals surface area contributed by atoms with E-state index in [4.69, 9.17) is 10.5 Å². The Hall–Kier alpha value is -1.74. The lowest BCUT2D eigenvalue weighted by atomic mass is 10.1. The van der Waals surface area contributed by atoms with Gasteiger partial charge in [-0.05, 0) is 36.8 Å². The standard InChI is InChI=1S/C13H16N2O/c1-10(14)11-4-6-13(7-5-11)16-9-12-3-2-8-15-12/h2-8,10,15H,9,14H2,1H3. The normalized spacial score (nSPS) is 12.4. The third-order valence-electron chi connectivity index (χ3n) is 2.46. The van der Waals surface area contributed by atoms with E-state index in [0.29, 0.717) is 6.61 Å². The smallest absolute Gasteiger partial charge is 0.128 e. The average molecular weight is 216 g/mol. The molecule has 0 saturated heterocycles. The van der Waals surface area contributed by atoms with Crippen molar-refractivity contribution in [2.45, 2.75) is 19.6 Å². The fourth-order valence-electron chi connectivity index (χ4n) is 1.49. The molecule has 0 saturated carbocycles. The molecule has 0 bridgehead atoms. The van der Waals surface area contributed by atoms with Crippen molar-refractivity contribution >= 4 is 0 Å². The Balaban J connectivity index is 1.95. The van der Waals surface area contributed by atoms with Gasteiger partial charge in [0.05, 0.1) is 5.69 Å². The van der Waals surface area contributed by atoms with Crippen LogP contribution >= 0.6 is 0 Å². The molecule has 3 nitrogen and oxygen atoms in total. The monoisotopic (exact) mass is 216 g/mol. The molecule has 0 aliphatic rings. The van der Waals surface area contributed by atoms with Gasteiger partial charge in [0, 0.05) is 12.2 Å². The largest absolute Gasteiger partial charge is 0.487 e. The fraction of sp³-hybridized carbons (Fsp3) is 0.231. The third-order valence-corrected chi connectivity index (χ3v) is 2.46. The first kappa shape index (κ1) is 10.8. The number of aromatic nitrogens is 1. The molecule has 1 heterocycles. The molecule has 3 N–H and O–H groups in total. The first-order chi connectivity index (χ1) is 7.75. The topological polar surface area (TPSA) is 51.0 Å². The highest BCUT2D eigenvalue weighted by Crippen LogP contribution is 2.16. The molecule has 0 aliphatic carbocycles. The SMILES string of the molecule is CC(N)c1ccc(OCc2ccc[nH]2)cc1. The summed E-state index contributed by atoms with van der Waals surface area (Å²) in [5.41, 5.74) is 7.95. The predicted molar refractivity (Wildman–Crippen MR) is 64.2 cm³/mol. The molecule has 2 rings (SSSR count). The maximum absolute atomic E-state index is 5.77. The Labute approximate surface area is 95.2 Å². The number of rotatable bonds is 4. The molecule has 0 fully saturated rings. The van der Waals surface area contributed by atoms with Crippen molar-refractivity contribution in [1.82, 2.24) is 4.98 Å². The van der Waals surface area contributed by atoms with Crippen molar-refractivity contribution in [2.75, 3.05) is 0 Å². The van der Waals surface area contributed by atoms with Gasteiger partial charge in [-0.25, -0.2) is 0 Å². The van der Waals surface area contributed by atoms with E-state index in [-0.39, 0.29) is 6.04 Å². The van der Waals surface area contributed by atoms with Crippen LogP contribution in [0.3, 0.4) is 0 Å². The van der Waals surface area contributed by atoms with Gasteiger partial charge in [-0.15, -0.1) is 0 Å². The third kappa shape index (κ3) is 2.64. The molecule has 1 aromatic carbocycles. The minimum absolute atomic E-state index is 0.0671. The van der Waals surface area contributed by atoms with E-state index in [1.54, 1.807) is 0 Å². The number of aromatic amines is 1. The molecule has 1 atom stereocenters. The summed E-state index contributed by atoms with van der Waals surface area (Å²) >= 11 is 0. The van der Waals surface area contributed by atoms with E-state index in [2.05, 4.69) is 4.98 Å². The zero-order valence-electron chi connectivity index (χ0n) is 9.31. The zero-order chi connectivity index (χ0) is 11.4. The first-order valence-electron chi connectivity index (χ1n) is 5.36. The van der Waals surface area contributed by atoms with Crippen molar-refractivity contribution in [3.05, 3.63) is 53.9 Å². The summed E-state index contributed by atoms with van der Waals surface area (Å²) in [6.45, 7) is 2.53. The lowest BCUT2D eigenvalue weighted by Gasteiger charge is -2.08. The summed E-state index contributed by atoms with van der Waals surface area (Å²) in [4.78, 5) is 3.09.